The van der Waals surface area contributed by atoms with Crippen molar-refractivity contribution in [1.29, 1.82) is 0 Å². The number of ether oxygens (including phenoxy) is 1. The van der Waals surface area contributed by atoms with E-state index in [1.807, 2.05) is 30.8 Å². The first kappa shape index (κ1) is 14.2. The summed E-state index contributed by atoms with van der Waals surface area (Å²) in [6.07, 6.45) is 2.12. The number of nitrogens with zero attached hydrogens (tertiary/aromatic N) is 1. The second kappa shape index (κ2) is 6.77. The van der Waals surface area contributed by atoms with Gasteiger partial charge in [-0.3, -0.25) is 0 Å². The minimum Gasteiger partial charge on any atom is -0.496 e. The molecule has 3 nitrogen and oxygen atoms in total. The van der Waals surface area contributed by atoms with E-state index >= 15 is 0 Å². The third kappa shape index (κ3) is 3.54. The molecule has 0 aliphatic rings. The predicted molar refractivity (Wildman–Crippen MR) is 77.2 cm³/mol. The summed E-state index contributed by atoms with van der Waals surface area (Å²) >= 11 is 1.84. The lowest BCUT2D eigenvalue weighted by Gasteiger charge is -2.25. The summed E-state index contributed by atoms with van der Waals surface area (Å²) in [5.74, 6) is 1.97. The lowest BCUT2D eigenvalue weighted by molar-refractivity contribution is 0.407. The van der Waals surface area contributed by atoms with Gasteiger partial charge in [-0.05, 0) is 25.3 Å². The maximum absolute atomic E-state index is 6.05. The SMILES string of the molecule is COc1cccc(N(C)CCSC)c1C(C)N. The zero-order chi connectivity index (χ0) is 12.8. The van der Waals surface area contributed by atoms with E-state index in [9.17, 15) is 0 Å². The maximum atomic E-state index is 6.05. The van der Waals surface area contributed by atoms with Crippen LogP contribution in [0.15, 0.2) is 18.2 Å². The lowest BCUT2D eigenvalue weighted by Crippen LogP contribution is -2.23. The zero-order valence-corrected chi connectivity index (χ0v) is 11.9. The van der Waals surface area contributed by atoms with E-state index in [1.165, 1.54) is 0 Å². The Morgan fingerprint density at radius 3 is 2.71 bits per heavy atom. The molecular formula is C13H22N2OS. The standard InChI is InChI=1S/C13H22N2OS/c1-10(14)13-11(15(2)8-9-17-4)6-5-7-12(13)16-3/h5-7,10H,8-9,14H2,1-4H3. The topological polar surface area (TPSA) is 38.5 Å². The highest BCUT2D eigenvalue weighted by Gasteiger charge is 2.15. The molecule has 17 heavy (non-hydrogen) atoms. The van der Waals surface area contributed by atoms with E-state index < -0.39 is 0 Å². The van der Waals surface area contributed by atoms with Gasteiger partial charge < -0.3 is 15.4 Å². The second-order valence-corrected chi connectivity index (χ2v) is 5.08. The summed E-state index contributed by atoms with van der Waals surface area (Å²) in [6.45, 7) is 3.00. The van der Waals surface area contributed by atoms with Gasteiger partial charge in [0.1, 0.15) is 5.75 Å². The molecule has 1 rings (SSSR count). The fourth-order valence-corrected chi connectivity index (χ4v) is 2.31. The van der Waals surface area contributed by atoms with Crippen molar-refractivity contribution in [3.05, 3.63) is 23.8 Å². The molecule has 0 bridgehead atoms. The zero-order valence-electron chi connectivity index (χ0n) is 11.1. The van der Waals surface area contributed by atoms with Crippen LogP contribution in [0.3, 0.4) is 0 Å². The van der Waals surface area contributed by atoms with E-state index in [0.29, 0.717) is 0 Å². The molecule has 2 N–H and O–H groups in total. The highest BCUT2D eigenvalue weighted by molar-refractivity contribution is 7.98. The highest BCUT2D eigenvalue weighted by atomic mass is 32.2. The molecule has 1 unspecified atom stereocenters. The molecule has 0 saturated heterocycles. The van der Waals surface area contributed by atoms with Crippen molar-refractivity contribution < 1.29 is 4.74 Å². The summed E-state index contributed by atoms with van der Waals surface area (Å²) in [5, 5.41) is 0. The molecule has 0 spiro atoms. The van der Waals surface area contributed by atoms with Crippen LogP contribution in [0, 0.1) is 0 Å². The third-order valence-electron chi connectivity index (χ3n) is 2.76. The molecule has 0 radical (unpaired) electrons. The molecule has 0 aliphatic heterocycles. The Kier molecular flexibility index (Phi) is 5.65. The Hall–Kier alpha value is -0.870. The van der Waals surface area contributed by atoms with Crippen molar-refractivity contribution in [2.75, 3.05) is 37.6 Å². The number of rotatable bonds is 6. The van der Waals surface area contributed by atoms with Gasteiger partial charge in [0.05, 0.1) is 7.11 Å². The molecule has 0 aromatic heterocycles. The Labute approximate surface area is 108 Å². The van der Waals surface area contributed by atoms with Crippen molar-refractivity contribution >= 4 is 17.4 Å². The fourth-order valence-electron chi connectivity index (χ4n) is 1.85. The molecule has 1 atom stereocenters. The van der Waals surface area contributed by atoms with Gasteiger partial charge in [0.15, 0.2) is 0 Å². The van der Waals surface area contributed by atoms with E-state index in [1.54, 1.807) is 7.11 Å². The number of benzene rings is 1. The molecule has 0 heterocycles. The third-order valence-corrected chi connectivity index (χ3v) is 3.35. The van der Waals surface area contributed by atoms with Crippen LogP contribution in [0.2, 0.25) is 0 Å². The van der Waals surface area contributed by atoms with Gasteiger partial charge in [0, 0.05) is 36.6 Å². The number of hydrogen-bond donors (Lipinski definition) is 1. The van der Waals surface area contributed by atoms with Crippen LogP contribution >= 0.6 is 11.8 Å². The summed E-state index contributed by atoms with van der Waals surface area (Å²) < 4.78 is 5.39. The number of hydrogen-bond acceptors (Lipinski definition) is 4. The van der Waals surface area contributed by atoms with Crippen LogP contribution in [-0.4, -0.2) is 32.7 Å². The summed E-state index contributed by atoms with van der Waals surface area (Å²) in [5.41, 5.74) is 8.29. The molecule has 96 valence electrons. The van der Waals surface area contributed by atoms with E-state index in [2.05, 4.69) is 24.3 Å². The van der Waals surface area contributed by atoms with E-state index in [0.717, 1.165) is 29.3 Å². The second-order valence-electron chi connectivity index (χ2n) is 4.10. The first-order valence-electron chi connectivity index (χ1n) is 5.74. The Morgan fingerprint density at radius 1 is 1.47 bits per heavy atom. The predicted octanol–water partition coefficient (Wildman–Crippen LogP) is 2.51. The van der Waals surface area contributed by atoms with Gasteiger partial charge >= 0.3 is 0 Å². The first-order valence-corrected chi connectivity index (χ1v) is 7.13. The molecule has 0 amide bonds. The average Bonchev–Trinajstić information content (AvgIpc) is 2.34. The van der Waals surface area contributed by atoms with E-state index in [4.69, 9.17) is 10.5 Å². The smallest absolute Gasteiger partial charge is 0.125 e. The van der Waals surface area contributed by atoms with Gasteiger partial charge in [0.2, 0.25) is 0 Å². The number of thioether (sulfide) groups is 1. The molecule has 0 saturated carbocycles. The van der Waals surface area contributed by atoms with Gasteiger partial charge in [-0.25, -0.2) is 0 Å². The Balaban J connectivity index is 3.05. The first-order chi connectivity index (χ1) is 8.11. The minimum atomic E-state index is -0.0297. The minimum absolute atomic E-state index is 0.0297. The molecular weight excluding hydrogens is 232 g/mol. The van der Waals surface area contributed by atoms with E-state index in [-0.39, 0.29) is 6.04 Å². The normalized spacial score (nSPS) is 12.3. The van der Waals surface area contributed by atoms with Crippen LogP contribution in [0.25, 0.3) is 0 Å². The fraction of sp³-hybridized carbons (Fsp3) is 0.538. The number of methoxy groups -OCH3 is 1. The number of nitrogens with two attached hydrogens (primary N) is 1. The molecule has 1 aromatic carbocycles. The van der Waals surface area contributed by atoms with Gasteiger partial charge in [0.25, 0.3) is 0 Å². The van der Waals surface area contributed by atoms with Crippen molar-refractivity contribution in [1.82, 2.24) is 0 Å². The molecule has 4 heteroatoms. The van der Waals surface area contributed by atoms with Crippen LogP contribution in [0.1, 0.15) is 18.5 Å². The van der Waals surface area contributed by atoms with Crippen LogP contribution < -0.4 is 15.4 Å². The van der Waals surface area contributed by atoms with Gasteiger partial charge in [-0.1, -0.05) is 6.07 Å². The maximum Gasteiger partial charge on any atom is 0.125 e. The van der Waals surface area contributed by atoms with Crippen LogP contribution in [-0.2, 0) is 0 Å². The van der Waals surface area contributed by atoms with Crippen molar-refractivity contribution in [3.63, 3.8) is 0 Å². The summed E-state index contributed by atoms with van der Waals surface area (Å²) in [6, 6.07) is 6.04. The Morgan fingerprint density at radius 2 is 2.18 bits per heavy atom. The number of anilines is 1. The monoisotopic (exact) mass is 254 g/mol. The van der Waals surface area contributed by atoms with Crippen molar-refractivity contribution in [2.45, 2.75) is 13.0 Å². The Bertz CT molecular complexity index is 355. The largest absolute Gasteiger partial charge is 0.496 e. The molecule has 1 aromatic rings. The van der Waals surface area contributed by atoms with Gasteiger partial charge in [-0.15, -0.1) is 0 Å². The van der Waals surface area contributed by atoms with Crippen molar-refractivity contribution in [2.24, 2.45) is 5.73 Å². The highest BCUT2D eigenvalue weighted by Crippen LogP contribution is 2.33. The van der Waals surface area contributed by atoms with Crippen LogP contribution in [0.4, 0.5) is 5.69 Å². The average molecular weight is 254 g/mol. The molecule has 0 aliphatic carbocycles. The van der Waals surface area contributed by atoms with Gasteiger partial charge in [-0.2, -0.15) is 11.8 Å². The quantitative estimate of drug-likeness (QED) is 0.846. The molecule has 0 fully saturated rings. The summed E-state index contributed by atoms with van der Waals surface area (Å²) in [4.78, 5) is 2.23. The lowest BCUT2D eigenvalue weighted by atomic mass is 10.0. The van der Waals surface area contributed by atoms with Crippen molar-refractivity contribution in [3.8, 4) is 5.75 Å². The van der Waals surface area contributed by atoms with Crippen LogP contribution in [0.5, 0.6) is 5.75 Å². The summed E-state index contributed by atoms with van der Waals surface area (Å²) in [7, 11) is 3.78.